The van der Waals surface area contributed by atoms with E-state index < -0.39 is 0 Å². The van der Waals surface area contributed by atoms with Crippen LogP contribution in [0.4, 0.5) is 0 Å². The van der Waals surface area contributed by atoms with Crippen LogP contribution in [0.3, 0.4) is 0 Å². The second-order valence-electron chi connectivity index (χ2n) is 3.84. The zero-order valence-electron chi connectivity index (χ0n) is 10.3. The molecular formula is C14H14ClNO2. The van der Waals surface area contributed by atoms with E-state index in [9.17, 15) is 4.79 Å². The summed E-state index contributed by atoms with van der Waals surface area (Å²) in [5.41, 5.74) is 2.18. The summed E-state index contributed by atoms with van der Waals surface area (Å²) in [7, 11) is 1.38. The number of aromatic nitrogens is 1. The lowest BCUT2D eigenvalue weighted by Crippen LogP contribution is -2.10. The van der Waals surface area contributed by atoms with Crippen molar-refractivity contribution in [1.29, 1.82) is 0 Å². The van der Waals surface area contributed by atoms with Crippen LogP contribution in [0.25, 0.3) is 11.1 Å². The predicted octanol–water partition coefficient (Wildman–Crippen LogP) is 3.62. The Balaban J connectivity index is 2.62. The number of hydrogen-bond donors (Lipinski definition) is 0. The highest BCUT2D eigenvalue weighted by molar-refractivity contribution is 6.33. The third-order valence-electron chi connectivity index (χ3n) is 2.85. The molecule has 0 bridgehead atoms. The average molecular weight is 264 g/mol. The Kier molecular flexibility index (Phi) is 3.72. The van der Waals surface area contributed by atoms with E-state index in [0.29, 0.717) is 17.3 Å². The number of hydrogen-bond acceptors (Lipinski definition) is 2. The lowest BCUT2D eigenvalue weighted by molar-refractivity contribution is 0.0589. The summed E-state index contributed by atoms with van der Waals surface area (Å²) >= 11 is 6.17. The topological polar surface area (TPSA) is 31.2 Å². The molecule has 0 atom stereocenters. The summed E-state index contributed by atoms with van der Waals surface area (Å²) in [5.74, 6) is -0.350. The molecule has 0 N–H and O–H groups in total. The van der Waals surface area contributed by atoms with Gasteiger partial charge >= 0.3 is 5.97 Å². The van der Waals surface area contributed by atoms with Gasteiger partial charge in [-0.25, -0.2) is 4.79 Å². The number of carbonyl (C=O) groups is 1. The van der Waals surface area contributed by atoms with Crippen LogP contribution in [0.5, 0.6) is 0 Å². The molecule has 0 fully saturated rings. The van der Waals surface area contributed by atoms with Crippen LogP contribution in [-0.4, -0.2) is 17.6 Å². The van der Waals surface area contributed by atoms with Crippen molar-refractivity contribution in [3.63, 3.8) is 0 Å². The Morgan fingerprint density at radius 2 is 2.00 bits per heavy atom. The minimum absolute atomic E-state index is 0.350. The Labute approximate surface area is 111 Å². The van der Waals surface area contributed by atoms with Gasteiger partial charge in [-0.2, -0.15) is 0 Å². The Morgan fingerprint density at radius 1 is 1.28 bits per heavy atom. The van der Waals surface area contributed by atoms with Gasteiger partial charge in [0.1, 0.15) is 5.69 Å². The van der Waals surface area contributed by atoms with Crippen molar-refractivity contribution in [2.45, 2.75) is 13.5 Å². The molecule has 0 aliphatic carbocycles. The largest absolute Gasteiger partial charge is 0.464 e. The van der Waals surface area contributed by atoms with Crippen molar-refractivity contribution in [3.8, 4) is 11.1 Å². The maximum absolute atomic E-state index is 11.9. The van der Waals surface area contributed by atoms with Gasteiger partial charge < -0.3 is 9.30 Å². The maximum Gasteiger partial charge on any atom is 0.355 e. The van der Waals surface area contributed by atoms with Gasteiger partial charge in [0.25, 0.3) is 0 Å². The zero-order chi connectivity index (χ0) is 13.1. The van der Waals surface area contributed by atoms with Gasteiger partial charge in [-0.1, -0.05) is 29.8 Å². The fourth-order valence-corrected chi connectivity index (χ4v) is 2.19. The SMILES string of the molecule is CCn1ccc(-c2ccccc2Cl)c1C(=O)OC. The van der Waals surface area contributed by atoms with Gasteiger partial charge in [0.2, 0.25) is 0 Å². The summed E-state index contributed by atoms with van der Waals surface area (Å²) in [6, 6.07) is 9.34. The molecule has 18 heavy (non-hydrogen) atoms. The number of halogens is 1. The van der Waals surface area contributed by atoms with E-state index in [4.69, 9.17) is 16.3 Å². The Hall–Kier alpha value is -1.74. The van der Waals surface area contributed by atoms with Crippen LogP contribution in [0.15, 0.2) is 36.5 Å². The molecule has 94 valence electrons. The summed E-state index contributed by atoms with van der Waals surface area (Å²) < 4.78 is 6.69. The monoisotopic (exact) mass is 263 g/mol. The number of methoxy groups -OCH3 is 1. The number of nitrogens with zero attached hydrogens (tertiary/aromatic N) is 1. The first-order valence-electron chi connectivity index (χ1n) is 5.71. The van der Waals surface area contributed by atoms with Gasteiger partial charge in [-0.05, 0) is 19.1 Å². The Morgan fingerprint density at radius 3 is 2.61 bits per heavy atom. The average Bonchev–Trinajstić information content (AvgIpc) is 2.82. The van der Waals surface area contributed by atoms with Gasteiger partial charge in [0.05, 0.1) is 7.11 Å². The van der Waals surface area contributed by atoms with Crippen molar-refractivity contribution in [2.75, 3.05) is 7.11 Å². The molecule has 0 spiro atoms. The highest BCUT2D eigenvalue weighted by Gasteiger charge is 2.19. The molecule has 0 amide bonds. The molecule has 3 nitrogen and oxygen atoms in total. The Bertz CT molecular complexity index is 575. The first-order chi connectivity index (χ1) is 8.69. The third kappa shape index (κ3) is 2.14. The maximum atomic E-state index is 11.9. The summed E-state index contributed by atoms with van der Waals surface area (Å²) in [5, 5.41) is 0.622. The molecule has 0 saturated heterocycles. The molecular weight excluding hydrogens is 250 g/mol. The number of esters is 1. The minimum Gasteiger partial charge on any atom is -0.464 e. The number of ether oxygens (including phenoxy) is 1. The number of benzene rings is 1. The van der Waals surface area contributed by atoms with Gasteiger partial charge in [-0.3, -0.25) is 0 Å². The molecule has 0 aliphatic heterocycles. The molecule has 2 aromatic rings. The quantitative estimate of drug-likeness (QED) is 0.792. The number of rotatable bonds is 3. The van der Waals surface area contributed by atoms with Crippen molar-refractivity contribution < 1.29 is 9.53 Å². The zero-order valence-corrected chi connectivity index (χ0v) is 11.1. The smallest absolute Gasteiger partial charge is 0.355 e. The molecule has 0 aliphatic rings. The van der Waals surface area contributed by atoms with E-state index in [-0.39, 0.29) is 5.97 Å². The summed E-state index contributed by atoms with van der Waals surface area (Å²) in [6.07, 6.45) is 1.87. The highest BCUT2D eigenvalue weighted by atomic mass is 35.5. The van der Waals surface area contributed by atoms with E-state index in [1.54, 1.807) is 6.07 Å². The summed E-state index contributed by atoms with van der Waals surface area (Å²) in [4.78, 5) is 11.9. The standard InChI is InChI=1S/C14H14ClNO2/c1-3-16-9-8-11(13(16)14(17)18-2)10-6-4-5-7-12(10)15/h4-9H,3H2,1-2H3. The van der Waals surface area contributed by atoms with E-state index in [1.807, 2.05) is 42.0 Å². The van der Waals surface area contributed by atoms with Crippen LogP contribution in [0.1, 0.15) is 17.4 Å². The molecule has 1 aromatic carbocycles. The fourth-order valence-electron chi connectivity index (χ4n) is 1.96. The van der Waals surface area contributed by atoms with Crippen molar-refractivity contribution in [3.05, 3.63) is 47.2 Å². The van der Waals surface area contributed by atoms with Gasteiger partial charge in [-0.15, -0.1) is 0 Å². The van der Waals surface area contributed by atoms with Crippen LogP contribution < -0.4 is 0 Å². The van der Waals surface area contributed by atoms with E-state index >= 15 is 0 Å². The second-order valence-corrected chi connectivity index (χ2v) is 4.24. The molecule has 2 rings (SSSR count). The van der Waals surface area contributed by atoms with Crippen LogP contribution in [0.2, 0.25) is 5.02 Å². The van der Waals surface area contributed by atoms with Crippen molar-refractivity contribution in [2.24, 2.45) is 0 Å². The van der Waals surface area contributed by atoms with Crippen molar-refractivity contribution in [1.82, 2.24) is 4.57 Å². The van der Waals surface area contributed by atoms with Crippen LogP contribution in [-0.2, 0) is 11.3 Å². The van der Waals surface area contributed by atoms with E-state index in [0.717, 1.165) is 11.1 Å². The second kappa shape index (κ2) is 5.27. The first-order valence-corrected chi connectivity index (χ1v) is 6.09. The predicted molar refractivity (Wildman–Crippen MR) is 71.9 cm³/mol. The van der Waals surface area contributed by atoms with E-state index in [2.05, 4.69) is 0 Å². The normalized spacial score (nSPS) is 10.4. The van der Waals surface area contributed by atoms with Gasteiger partial charge in [0, 0.05) is 28.9 Å². The number of aryl methyl sites for hydroxylation is 1. The molecule has 0 saturated carbocycles. The molecule has 0 unspecified atom stereocenters. The lowest BCUT2D eigenvalue weighted by Gasteiger charge is -2.08. The molecule has 1 heterocycles. The highest BCUT2D eigenvalue weighted by Crippen LogP contribution is 2.31. The molecule has 4 heteroatoms. The van der Waals surface area contributed by atoms with Crippen molar-refractivity contribution >= 4 is 17.6 Å². The lowest BCUT2D eigenvalue weighted by atomic mass is 10.1. The third-order valence-corrected chi connectivity index (χ3v) is 3.18. The van der Waals surface area contributed by atoms with E-state index in [1.165, 1.54) is 7.11 Å². The van der Waals surface area contributed by atoms with Crippen LogP contribution >= 0.6 is 11.6 Å². The summed E-state index contributed by atoms with van der Waals surface area (Å²) in [6.45, 7) is 2.68. The first kappa shape index (κ1) is 12.7. The number of carbonyl (C=O) groups excluding carboxylic acids is 1. The minimum atomic E-state index is -0.350. The fraction of sp³-hybridized carbons (Fsp3) is 0.214. The molecule has 1 aromatic heterocycles. The van der Waals surface area contributed by atoms with Gasteiger partial charge in [0.15, 0.2) is 0 Å². The van der Waals surface area contributed by atoms with Crippen LogP contribution in [0, 0.1) is 0 Å². The molecule has 0 radical (unpaired) electrons.